The molecule has 3 aliphatic carbocycles. The van der Waals surface area contributed by atoms with Gasteiger partial charge in [0.2, 0.25) is 5.89 Å². The van der Waals surface area contributed by atoms with E-state index in [0.717, 1.165) is 39.0 Å². The lowest BCUT2D eigenvalue weighted by Crippen LogP contribution is -2.65. The van der Waals surface area contributed by atoms with Crippen LogP contribution in [0.2, 0.25) is 0 Å². The van der Waals surface area contributed by atoms with Gasteiger partial charge in [-0.05, 0) is 57.8 Å². The highest BCUT2D eigenvalue weighted by Crippen LogP contribution is 2.50. The first-order valence-corrected chi connectivity index (χ1v) is 14.4. The minimum atomic E-state index is -2.92. The molecule has 38 heavy (non-hydrogen) atoms. The number of hydrogen-bond acceptors (Lipinski definition) is 6. The van der Waals surface area contributed by atoms with Crippen LogP contribution >= 0.6 is 0 Å². The molecule has 8 nitrogen and oxygen atoms in total. The third-order valence-electron chi connectivity index (χ3n) is 9.98. The van der Waals surface area contributed by atoms with Gasteiger partial charge in [-0.25, -0.2) is 18.0 Å². The summed E-state index contributed by atoms with van der Waals surface area (Å²) in [5.74, 6) is -1.65. The van der Waals surface area contributed by atoms with E-state index in [1.807, 2.05) is 0 Å². The number of amides is 2. The van der Waals surface area contributed by atoms with E-state index in [0.29, 0.717) is 50.1 Å². The van der Waals surface area contributed by atoms with Crippen molar-refractivity contribution in [2.24, 2.45) is 11.8 Å². The summed E-state index contributed by atoms with van der Waals surface area (Å²) in [5.41, 5.74) is -0.278. The number of alkyl halides is 3. The Bertz CT molecular complexity index is 1010. The molecule has 1 N–H and O–H groups in total. The number of carbonyl (C=O) groups is 1. The average Bonchev–Trinajstić information content (AvgIpc) is 3.19. The van der Waals surface area contributed by atoms with Crippen LogP contribution in [0.5, 0.6) is 0 Å². The fourth-order valence-electron chi connectivity index (χ4n) is 7.60. The van der Waals surface area contributed by atoms with Gasteiger partial charge in [-0.15, -0.1) is 0 Å². The Kier molecular flexibility index (Phi) is 6.69. The van der Waals surface area contributed by atoms with E-state index >= 15 is 8.78 Å². The van der Waals surface area contributed by atoms with Crippen molar-refractivity contribution in [1.82, 2.24) is 30.2 Å². The largest absolute Gasteiger partial charge is 0.339 e. The molecule has 2 saturated heterocycles. The van der Waals surface area contributed by atoms with E-state index < -0.39 is 18.1 Å². The molecule has 0 aromatic carbocycles. The summed E-state index contributed by atoms with van der Waals surface area (Å²) in [4.78, 5) is 24.1. The van der Waals surface area contributed by atoms with Crippen LogP contribution in [0.25, 0.3) is 0 Å². The van der Waals surface area contributed by atoms with E-state index in [2.05, 4.69) is 46.0 Å². The van der Waals surface area contributed by atoms with E-state index in [1.165, 1.54) is 0 Å². The lowest BCUT2D eigenvalue weighted by atomic mass is 9.85. The minimum Gasteiger partial charge on any atom is -0.339 e. The van der Waals surface area contributed by atoms with Crippen LogP contribution < -0.4 is 5.32 Å². The lowest BCUT2D eigenvalue weighted by Gasteiger charge is -2.47. The van der Waals surface area contributed by atoms with Gasteiger partial charge in [-0.3, -0.25) is 9.80 Å². The molecule has 212 valence electrons. The highest BCUT2D eigenvalue weighted by atomic mass is 19.3. The summed E-state index contributed by atoms with van der Waals surface area (Å²) in [7, 11) is 0. The Morgan fingerprint density at radius 3 is 2.39 bits per heavy atom. The topological polar surface area (TPSA) is 77.7 Å². The zero-order valence-electron chi connectivity index (χ0n) is 22.7. The predicted octanol–water partition coefficient (Wildman–Crippen LogP) is 3.79. The molecule has 0 spiro atoms. The molecular formula is C27H41F3N6O2. The maximum absolute atomic E-state index is 15.2. The molecule has 1 aromatic rings. The molecule has 1 aromatic heterocycles. The first kappa shape index (κ1) is 26.3. The summed E-state index contributed by atoms with van der Waals surface area (Å²) in [5, 5.41) is 6.98. The fraction of sp³-hybridized carbons (Fsp3) is 0.889. The van der Waals surface area contributed by atoms with Gasteiger partial charge in [0, 0.05) is 63.2 Å². The van der Waals surface area contributed by atoms with Crippen LogP contribution in [-0.2, 0) is 5.41 Å². The fourth-order valence-corrected chi connectivity index (χ4v) is 7.60. The van der Waals surface area contributed by atoms with Gasteiger partial charge in [0.15, 0.2) is 5.82 Å². The summed E-state index contributed by atoms with van der Waals surface area (Å²) in [6.07, 6.45) is 2.14. The number of aromatic nitrogens is 2. The summed E-state index contributed by atoms with van der Waals surface area (Å²) < 4.78 is 49.2. The second kappa shape index (κ2) is 9.64. The number of likely N-dealkylation sites (tertiary alicyclic amines) is 1. The highest BCUT2D eigenvalue weighted by molar-refractivity contribution is 5.75. The average molecular weight is 539 g/mol. The Morgan fingerprint density at radius 2 is 1.79 bits per heavy atom. The van der Waals surface area contributed by atoms with Gasteiger partial charge < -0.3 is 14.7 Å². The number of halogens is 3. The quantitative estimate of drug-likeness (QED) is 0.615. The standard InChI is InChI=1S/C27H41F3N6O2/c1-16(2)34-7-9-35(10-8-34)21-5-4-6-27(29,30)22(21)31-25(37)36-14-17-12-26(3,13-18(17)15-36)24-32-23(38-33-24)19-11-20(19)28/h16-22H,4-15H2,1-3H3,(H,31,37)/t17-,18+,19-,20+,21+,22-,26?/m1/s1. The van der Waals surface area contributed by atoms with Crippen molar-refractivity contribution in [3.8, 4) is 0 Å². The number of hydrogen-bond donors (Lipinski definition) is 1. The van der Waals surface area contributed by atoms with Crippen LogP contribution in [0.1, 0.15) is 76.9 Å². The van der Waals surface area contributed by atoms with Crippen molar-refractivity contribution in [1.29, 1.82) is 0 Å². The van der Waals surface area contributed by atoms with Crippen molar-refractivity contribution < 1.29 is 22.5 Å². The smallest absolute Gasteiger partial charge is 0.317 e. The molecule has 5 fully saturated rings. The lowest BCUT2D eigenvalue weighted by molar-refractivity contribution is -0.0971. The van der Waals surface area contributed by atoms with Gasteiger partial charge in [0.25, 0.3) is 5.92 Å². The molecule has 2 aliphatic heterocycles. The first-order valence-electron chi connectivity index (χ1n) is 14.4. The molecule has 11 heteroatoms. The summed E-state index contributed by atoms with van der Waals surface area (Å²) in [6.45, 7) is 10.8. The third kappa shape index (κ3) is 4.82. The van der Waals surface area contributed by atoms with E-state index in [9.17, 15) is 9.18 Å². The van der Waals surface area contributed by atoms with Crippen LogP contribution in [0.4, 0.5) is 18.0 Å². The van der Waals surface area contributed by atoms with E-state index in [4.69, 9.17) is 4.52 Å². The maximum atomic E-state index is 15.2. The van der Waals surface area contributed by atoms with Crippen molar-refractivity contribution in [3.63, 3.8) is 0 Å². The monoisotopic (exact) mass is 538 g/mol. The van der Waals surface area contributed by atoms with Crippen LogP contribution in [0.15, 0.2) is 4.52 Å². The summed E-state index contributed by atoms with van der Waals surface area (Å²) in [6, 6.07) is -1.44. The Labute approximate surface area is 222 Å². The molecule has 6 rings (SSSR count). The van der Waals surface area contributed by atoms with E-state index in [-0.39, 0.29) is 41.7 Å². The molecule has 3 saturated carbocycles. The van der Waals surface area contributed by atoms with Gasteiger partial charge >= 0.3 is 6.03 Å². The number of fused-ring (bicyclic) bond motifs is 1. The third-order valence-corrected chi connectivity index (χ3v) is 9.98. The second-order valence-electron chi connectivity index (χ2n) is 13.0. The molecule has 7 atom stereocenters. The van der Waals surface area contributed by atoms with Gasteiger partial charge in [0.05, 0.1) is 5.92 Å². The molecule has 1 unspecified atom stereocenters. The zero-order chi connectivity index (χ0) is 26.8. The molecule has 2 amide bonds. The van der Waals surface area contributed by atoms with Gasteiger partial charge in [0.1, 0.15) is 12.2 Å². The second-order valence-corrected chi connectivity index (χ2v) is 13.0. The molecule has 0 radical (unpaired) electrons. The number of urea groups is 1. The minimum absolute atomic E-state index is 0.180. The molecule has 5 aliphatic rings. The molecule has 3 heterocycles. The van der Waals surface area contributed by atoms with Crippen molar-refractivity contribution in [2.75, 3.05) is 39.3 Å². The number of nitrogens with zero attached hydrogens (tertiary/aromatic N) is 5. The number of nitrogens with one attached hydrogen (secondary N) is 1. The van der Waals surface area contributed by atoms with Crippen LogP contribution in [0.3, 0.4) is 0 Å². The Morgan fingerprint density at radius 1 is 1.13 bits per heavy atom. The SMILES string of the molecule is CC(C)N1CCN([C@H]2CCCC(F)(F)[C@@H]2NC(=O)N2C[C@@H]3CC(C)(c4noc([C@@H]5C[C@@H]5F)n4)C[C@@H]3C2)CC1. The first-order chi connectivity index (χ1) is 18.0. The van der Waals surface area contributed by atoms with Crippen molar-refractivity contribution >= 4 is 6.03 Å². The van der Waals surface area contributed by atoms with Crippen LogP contribution in [-0.4, -0.2) is 100 Å². The van der Waals surface area contributed by atoms with Crippen LogP contribution in [0, 0.1) is 11.8 Å². The van der Waals surface area contributed by atoms with Crippen molar-refractivity contribution in [2.45, 2.75) is 101 Å². The number of carbonyl (C=O) groups excluding carboxylic acids is 1. The number of piperazine rings is 1. The zero-order valence-corrected chi connectivity index (χ0v) is 22.7. The van der Waals surface area contributed by atoms with Gasteiger partial charge in [-0.2, -0.15) is 4.98 Å². The van der Waals surface area contributed by atoms with Gasteiger partial charge in [-0.1, -0.05) is 12.1 Å². The number of rotatable bonds is 5. The van der Waals surface area contributed by atoms with Crippen molar-refractivity contribution in [3.05, 3.63) is 11.7 Å². The highest BCUT2D eigenvalue weighted by Gasteiger charge is 2.54. The molecule has 0 bridgehead atoms. The maximum Gasteiger partial charge on any atom is 0.317 e. The predicted molar refractivity (Wildman–Crippen MR) is 135 cm³/mol. The van der Waals surface area contributed by atoms with E-state index in [1.54, 1.807) is 4.90 Å². The normalized spacial score (nSPS) is 39.5. The summed E-state index contributed by atoms with van der Waals surface area (Å²) >= 11 is 0. The Balaban J connectivity index is 1.07. The Hall–Kier alpha value is -1.88. The molecular weight excluding hydrogens is 497 g/mol.